The molecule has 15 heteroatoms. The van der Waals surface area contributed by atoms with Gasteiger partial charge in [-0.25, -0.2) is 9.48 Å². The topological polar surface area (TPSA) is 188 Å². The van der Waals surface area contributed by atoms with Crippen LogP contribution in [0.25, 0.3) is 10.9 Å². The molecule has 250 valence electrons. The number of nitriles is 1. The van der Waals surface area contributed by atoms with Gasteiger partial charge in [-0.1, -0.05) is 0 Å². The van der Waals surface area contributed by atoms with Gasteiger partial charge in [0.1, 0.15) is 12.3 Å². The molecule has 0 unspecified atom stereocenters. The molecule has 2 aromatic heterocycles. The molecule has 3 aliphatic rings. The molecule has 0 spiro atoms. The summed E-state index contributed by atoms with van der Waals surface area (Å²) in [6.45, 7) is 6.50. The first-order valence-corrected chi connectivity index (χ1v) is 16.2. The smallest absolute Gasteiger partial charge is 0.407 e. The predicted molar refractivity (Wildman–Crippen MR) is 175 cm³/mol. The Morgan fingerprint density at radius 1 is 1.17 bits per heavy atom. The first kappa shape index (κ1) is 32.3. The van der Waals surface area contributed by atoms with Crippen molar-refractivity contribution in [1.82, 2.24) is 29.5 Å². The van der Waals surface area contributed by atoms with Gasteiger partial charge in [-0.2, -0.15) is 20.3 Å². The van der Waals surface area contributed by atoms with Crippen LogP contribution in [0.15, 0.2) is 12.3 Å². The summed E-state index contributed by atoms with van der Waals surface area (Å²) < 4.78 is 14.0. The number of nitrogen functional groups attached to an aromatic ring is 1. The van der Waals surface area contributed by atoms with E-state index < -0.39 is 18.0 Å². The summed E-state index contributed by atoms with van der Waals surface area (Å²) in [4.78, 5) is 40.4. The van der Waals surface area contributed by atoms with Crippen molar-refractivity contribution in [3.8, 4) is 12.1 Å². The molecule has 0 bridgehead atoms. The van der Waals surface area contributed by atoms with Crippen LogP contribution in [0.1, 0.15) is 66.4 Å². The monoisotopic (exact) mass is 646 g/mol. The van der Waals surface area contributed by atoms with Gasteiger partial charge >= 0.3 is 12.1 Å². The second-order valence-corrected chi connectivity index (χ2v) is 12.6. The Balaban J connectivity index is 1.35. The lowest BCUT2D eigenvalue weighted by Crippen LogP contribution is -2.55. The lowest BCUT2D eigenvalue weighted by molar-refractivity contribution is -0.0366. The lowest BCUT2D eigenvalue weighted by Gasteiger charge is -2.40. The molecule has 47 heavy (non-hydrogen) atoms. The van der Waals surface area contributed by atoms with Crippen molar-refractivity contribution in [2.24, 2.45) is 0 Å². The number of ether oxygens (including phenoxy) is 2. The van der Waals surface area contributed by atoms with Crippen molar-refractivity contribution >= 4 is 40.1 Å². The zero-order valence-corrected chi connectivity index (χ0v) is 27.1. The number of nitrogens with one attached hydrogen (secondary N) is 1. The van der Waals surface area contributed by atoms with Crippen LogP contribution in [0.4, 0.5) is 22.0 Å². The van der Waals surface area contributed by atoms with E-state index in [9.17, 15) is 20.0 Å². The predicted octanol–water partition coefficient (Wildman–Crippen LogP) is 3.53. The number of anilines is 3. The number of nitrogens with zero attached hydrogens (tertiary/aromatic N) is 8. The quantitative estimate of drug-likeness (QED) is 0.324. The van der Waals surface area contributed by atoms with Crippen molar-refractivity contribution in [2.75, 3.05) is 62.4 Å². The number of amides is 2. The third-order valence-corrected chi connectivity index (χ3v) is 9.64. The standard InChI is InChI=1S/C32H42N10O5/c1-19-15-24-23(16-35-42(24)25-8-4-5-14-46-25)27(20(19)2)36-30(43)28-26(34)29(38-31(37-28)47-18-22-7-6-11-39(22)3)40-12-13-41(32(44)45)21(17-40)9-10-33/h15-16,21-22,25H,4-9,11-14,17-18,34H2,1-3H3,(H,36,43)(H,44,45)/t21-,22-,25-/m0/s1. The number of likely N-dealkylation sites (N-methyl/N-ethyl adjacent to an activating group) is 1. The number of nitrogens with two attached hydrogens (primary N) is 1. The zero-order chi connectivity index (χ0) is 33.2. The van der Waals surface area contributed by atoms with E-state index in [1.807, 2.05) is 25.6 Å². The third kappa shape index (κ3) is 6.48. The Kier molecular flexibility index (Phi) is 9.33. The maximum atomic E-state index is 14.1. The summed E-state index contributed by atoms with van der Waals surface area (Å²) in [6, 6.07) is 3.73. The summed E-state index contributed by atoms with van der Waals surface area (Å²) in [7, 11) is 2.04. The van der Waals surface area contributed by atoms with E-state index in [0.29, 0.717) is 18.9 Å². The Bertz CT molecular complexity index is 1700. The molecule has 4 N–H and O–H groups in total. The Hall–Kier alpha value is -4.68. The number of likely N-dealkylation sites (tertiary alicyclic amines) is 1. The molecule has 0 radical (unpaired) electrons. The van der Waals surface area contributed by atoms with Gasteiger partial charge in [0, 0.05) is 37.7 Å². The number of piperazine rings is 1. The van der Waals surface area contributed by atoms with Gasteiger partial charge in [-0.15, -0.1) is 0 Å². The van der Waals surface area contributed by atoms with Crippen LogP contribution in [0.2, 0.25) is 0 Å². The van der Waals surface area contributed by atoms with Crippen LogP contribution in [-0.4, -0.2) is 105 Å². The molecule has 3 aliphatic heterocycles. The van der Waals surface area contributed by atoms with Gasteiger partial charge in [0.15, 0.2) is 17.7 Å². The SMILES string of the molecule is Cc1cc2c(cnn2[C@@H]2CCCCO2)c(NC(=O)c2nc(OC[C@@H]3CCCN3C)nc(N3CCN(C(=O)O)[C@@H](CC#N)C3)c2N)c1C. The number of hydrogen-bond donors (Lipinski definition) is 3. The van der Waals surface area contributed by atoms with E-state index in [1.165, 1.54) is 4.90 Å². The van der Waals surface area contributed by atoms with Crippen LogP contribution in [0.5, 0.6) is 6.01 Å². The van der Waals surface area contributed by atoms with Gasteiger partial charge in [0.05, 0.1) is 35.9 Å². The van der Waals surface area contributed by atoms with Crippen molar-refractivity contribution in [1.29, 1.82) is 5.26 Å². The summed E-state index contributed by atoms with van der Waals surface area (Å²) in [5, 5.41) is 27.6. The fourth-order valence-corrected chi connectivity index (χ4v) is 6.76. The number of fused-ring (bicyclic) bond motifs is 1. The minimum atomic E-state index is -1.09. The van der Waals surface area contributed by atoms with Crippen molar-refractivity contribution in [3.63, 3.8) is 0 Å². The molecule has 1 aromatic carbocycles. The molecule has 6 rings (SSSR count). The van der Waals surface area contributed by atoms with E-state index in [0.717, 1.165) is 60.7 Å². The third-order valence-electron chi connectivity index (χ3n) is 9.64. The van der Waals surface area contributed by atoms with E-state index in [-0.39, 0.29) is 61.5 Å². The van der Waals surface area contributed by atoms with Gasteiger partial charge in [0.25, 0.3) is 5.91 Å². The lowest BCUT2D eigenvalue weighted by atomic mass is 10.0. The molecular weight excluding hydrogens is 604 g/mol. The molecule has 3 aromatic rings. The number of carboxylic acid groups (broad SMARTS) is 1. The van der Waals surface area contributed by atoms with Gasteiger partial charge in [0.2, 0.25) is 0 Å². The minimum Gasteiger partial charge on any atom is -0.465 e. The molecule has 3 saturated heterocycles. The zero-order valence-electron chi connectivity index (χ0n) is 27.1. The van der Waals surface area contributed by atoms with Gasteiger partial charge in [-0.3, -0.25) is 4.79 Å². The van der Waals surface area contributed by atoms with E-state index in [4.69, 9.17) is 15.2 Å². The van der Waals surface area contributed by atoms with Crippen molar-refractivity contribution in [3.05, 3.63) is 29.1 Å². The normalized spacial score (nSPS) is 22.0. The molecule has 5 heterocycles. The Labute approximate surface area is 273 Å². The summed E-state index contributed by atoms with van der Waals surface area (Å²) in [5.41, 5.74) is 9.96. The van der Waals surface area contributed by atoms with E-state index in [2.05, 4.69) is 37.4 Å². The number of benzene rings is 1. The summed E-state index contributed by atoms with van der Waals surface area (Å²) in [5.74, 6) is -0.273. The van der Waals surface area contributed by atoms with Crippen LogP contribution in [0, 0.1) is 25.2 Å². The van der Waals surface area contributed by atoms with E-state index in [1.54, 1.807) is 11.1 Å². The molecule has 15 nitrogen and oxygen atoms in total. The fourth-order valence-electron chi connectivity index (χ4n) is 6.76. The van der Waals surface area contributed by atoms with E-state index >= 15 is 0 Å². The average Bonchev–Trinajstić information content (AvgIpc) is 3.68. The molecule has 0 aliphatic carbocycles. The van der Waals surface area contributed by atoms with Crippen LogP contribution in [-0.2, 0) is 4.74 Å². The number of rotatable bonds is 8. The second-order valence-electron chi connectivity index (χ2n) is 12.6. The van der Waals surface area contributed by atoms with Crippen molar-refractivity contribution < 1.29 is 24.2 Å². The molecule has 0 saturated carbocycles. The number of carbonyl (C=O) groups is 2. The highest BCUT2D eigenvalue weighted by atomic mass is 16.5. The first-order valence-electron chi connectivity index (χ1n) is 16.2. The summed E-state index contributed by atoms with van der Waals surface area (Å²) >= 11 is 0. The van der Waals surface area contributed by atoms with Crippen molar-refractivity contribution in [2.45, 2.75) is 70.7 Å². The maximum absolute atomic E-state index is 14.1. The molecular formula is C32H42N10O5. The minimum absolute atomic E-state index is 0.000711. The molecule has 3 atom stereocenters. The maximum Gasteiger partial charge on any atom is 0.407 e. The van der Waals surface area contributed by atoms with Gasteiger partial charge in [-0.05, 0) is 76.7 Å². The first-order chi connectivity index (χ1) is 22.7. The number of aromatic nitrogens is 4. The molecule has 3 fully saturated rings. The average molecular weight is 647 g/mol. The largest absolute Gasteiger partial charge is 0.465 e. The van der Waals surface area contributed by atoms with Gasteiger partial charge < -0.3 is 40.3 Å². The van der Waals surface area contributed by atoms with Crippen LogP contribution >= 0.6 is 0 Å². The summed E-state index contributed by atoms with van der Waals surface area (Å²) in [6.07, 6.45) is 5.46. The Morgan fingerprint density at radius 3 is 2.70 bits per heavy atom. The highest BCUT2D eigenvalue weighted by Crippen LogP contribution is 2.35. The second kappa shape index (κ2) is 13.6. The molecule has 2 amide bonds. The fraction of sp³-hybridized carbons (Fsp3) is 0.562. The van der Waals surface area contributed by atoms with Crippen LogP contribution < -0.4 is 20.7 Å². The number of aryl methyl sites for hydroxylation is 1. The van der Waals surface area contributed by atoms with Crippen LogP contribution in [0.3, 0.4) is 0 Å². The number of hydrogen-bond acceptors (Lipinski definition) is 11. The highest BCUT2D eigenvalue weighted by molar-refractivity contribution is 6.12. The highest BCUT2D eigenvalue weighted by Gasteiger charge is 2.34. The number of carbonyl (C=O) groups excluding carboxylic acids is 1. The Morgan fingerprint density at radius 2 is 2.00 bits per heavy atom.